The smallest absolute Gasteiger partial charge is 0.305 e. The van der Waals surface area contributed by atoms with Crippen LogP contribution in [0.2, 0.25) is 0 Å². The van der Waals surface area contributed by atoms with Crippen molar-refractivity contribution in [1.82, 2.24) is 15.1 Å². The van der Waals surface area contributed by atoms with Crippen LogP contribution in [0.5, 0.6) is 0 Å². The Morgan fingerprint density at radius 2 is 1.62 bits per heavy atom. The van der Waals surface area contributed by atoms with Crippen molar-refractivity contribution >= 4 is 5.97 Å². The van der Waals surface area contributed by atoms with Crippen LogP contribution in [-0.4, -0.2) is 92.5 Å². The molecule has 4 aliphatic carbocycles. The zero-order chi connectivity index (χ0) is 29.9. The standard InChI is InChI=1S/C35H64N4O3/c1-25(7-10-33(41)42-4)28-8-9-29-27-24-32(40)31-23-26(11-13-35(31,3)30(27)12-14-34(28,29)2)37-16-6-18-39-21-19-38(20-22-39)17-5-15-36/h25-32,37,40H,5-24,36H2,1-4H3/t25-,26+,27?,28-,29?,30?,31+,32-,34-,35-/m1/s1. The third-order valence-electron chi connectivity index (χ3n) is 13.7. The van der Waals surface area contributed by atoms with E-state index >= 15 is 0 Å². The van der Waals surface area contributed by atoms with E-state index in [9.17, 15) is 9.90 Å². The highest BCUT2D eigenvalue weighted by molar-refractivity contribution is 5.69. The summed E-state index contributed by atoms with van der Waals surface area (Å²) in [6.45, 7) is 16.5. The molecule has 42 heavy (non-hydrogen) atoms. The molecule has 7 nitrogen and oxygen atoms in total. The van der Waals surface area contributed by atoms with Crippen molar-refractivity contribution in [3.05, 3.63) is 0 Å². The Labute approximate surface area is 257 Å². The van der Waals surface area contributed by atoms with Crippen LogP contribution >= 0.6 is 0 Å². The Bertz CT molecular complexity index is 880. The molecule has 5 fully saturated rings. The molecule has 1 aliphatic heterocycles. The van der Waals surface area contributed by atoms with Gasteiger partial charge in [0, 0.05) is 38.6 Å². The number of carbonyl (C=O) groups is 1. The average molecular weight is 589 g/mol. The molecule has 0 amide bonds. The van der Waals surface area contributed by atoms with Crippen molar-refractivity contribution in [1.29, 1.82) is 0 Å². The highest BCUT2D eigenvalue weighted by Crippen LogP contribution is 2.68. The summed E-state index contributed by atoms with van der Waals surface area (Å²) < 4.78 is 4.93. The second kappa shape index (κ2) is 14.1. The lowest BCUT2D eigenvalue weighted by Crippen LogP contribution is -2.59. The molecule has 1 saturated heterocycles. The fourth-order valence-electron chi connectivity index (χ4n) is 11.3. The van der Waals surface area contributed by atoms with Crippen LogP contribution in [0.25, 0.3) is 0 Å². The maximum atomic E-state index is 11.8. The summed E-state index contributed by atoms with van der Waals surface area (Å²) in [5.74, 6) is 3.77. The predicted molar refractivity (Wildman–Crippen MR) is 170 cm³/mol. The molecule has 0 radical (unpaired) electrons. The lowest BCUT2D eigenvalue weighted by molar-refractivity contribution is -0.162. The molecule has 4 saturated carbocycles. The normalized spacial score (nSPS) is 41.5. The molecule has 0 aromatic rings. The molecule has 1 heterocycles. The van der Waals surface area contributed by atoms with Crippen LogP contribution in [0, 0.1) is 46.3 Å². The Balaban J connectivity index is 1.10. The van der Waals surface area contributed by atoms with Crippen molar-refractivity contribution < 1.29 is 14.6 Å². The summed E-state index contributed by atoms with van der Waals surface area (Å²) >= 11 is 0. The highest BCUT2D eigenvalue weighted by Gasteiger charge is 2.62. The fraction of sp³-hybridized carbons (Fsp3) is 0.971. The van der Waals surface area contributed by atoms with Crippen molar-refractivity contribution in [3.63, 3.8) is 0 Å². The Morgan fingerprint density at radius 3 is 2.31 bits per heavy atom. The maximum absolute atomic E-state index is 11.8. The zero-order valence-electron chi connectivity index (χ0n) is 27.5. The van der Waals surface area contributed by atoms with E-state index in [4.69, 9.17) is 10.5 Å². The molecule has 5 aliphatic rings. The summed E-state index contributed by atoms with van der Waals surface area (Å²) in [6.07, 6.45) is 13.6. The number of methoxy groups -OCH3 is 1. The number of hydrogen-bond donors (Lipinski definition) is 3. The number of piperazine rings is 1. The SMILES string of the molecule is COC(=O)CC[C@@H](C)[C@H]1CCC2C3C[C@@H](O)[C@@H]4C[C@@H](NCCCN5CCN(CCCN)CC5)CC[C@]4(C)C3CC[C@@]21C. The topological polar surface area (TPSA) is 91.1 Å². The summed E-state index contributed by atoms with van der Waals surface area (Å²) in [6, 6.07) is 0.558. The number of carbonyl (C=O) groups excluding carboxylic acids is 1. The Morgan fingerprint density at radius 1 is 0.952 bits per heavy atom. The lowest BCUT2D eigenvalue weighted by Gasteiger charge is -2.62. The molecule has 4 N–H and O–H groups in total. The van der Waals surface area contributed by atoms with Gasteiger partial charge in [0.05, 0.1) is 13.2 Å². The summed E-state index contributed by atoms with van der Waals surface area (Å²) in [5.41, 5.74) is 6.32. The van der Waals surface area contributed by atoms with Gasteiger partial charge in [-0.05, 0) is 143 Å². The number of hydrogen-bond acceptors (Lipinski definition) is 7. The largest absolute Gasteiger partial charge is 0.469 e. The van der Waals surface area contributed by atoms with Crippen LogP contribution < -0.4 is 11.1 Å². The number of nitrogens with one attached hydrogen (secondary N) is 1. The van der Waals surface area contributed by atoms with Crippen molar-refractivity contribution in [2.45, 2.75) is 110 Å². The van der Waals surface area contributed by atoms with E-state index in [0.29, 0.717) is 41.5 Å². The van der Waals surface area contributed by atoms with Gasteiger partial charge in [-0.25, -0.2) is 0 Å². The molecule has 10 atom stereocenters. The number of rotatable bonds is 12. The zero-order valence-corrected chi connectivity index (χ0v) is 27.5. The van der Waals surface area contributed by atoms with Gasteiger partial charge >= 0.3 is 5.97 Å². The molecule has 5 rings (SSSR count). The summed E-state index contributed by atoms with van der Waals surface area (Å²) in [7, 11) is 1.50. The third-order valence-corrected chi connectivity index (χ3v) is 13.7. The quantitative estimate of drug-likeness (QED) is 0.228. The van der Waals surface area contributed by atoms with Crippen LogP contribution in [0.3, 0.4) is 0 Å². The number of fused-ring (bicyclic) bond motifs is 5. The van der Waals surface area contributed by atoms with Gasteiger partial charge in [-0.1, -0.05) is 20.8 Å². The molecule has 242 valence electrons. The van der Waals surface area contributed by atoms with Gasteiger partial charge in [0.2, 0.25) is 0 Å². The molecule has 0 aromatic carbocycles. The van der Waals surface area contributed by atoms with Gasteiger partial charge in [-0.15, -0.1) is 0 Å². The molecular weight excluding hydrogens is 524 g/mol. The van der Waals surface area contributed by atoms with E-state index in [1.165, 1.54) is 84.8 Å². The minimum absolute atomic E-state index is 0.0718. The first-order valence-electron chi connectivity index (χ1n) is 17.8. The van der Waals surface area contributed by atoms with E-state index in [0.717, 1.165) is 57.2 Å². The van der Waals surface area contributed by atoms with Crippen molar-refractivity contribution in [3.8, 4) is 0 Å². The van der Waals surface area contributed by atoms with Gasteiger partial charge in [-0.3, -0.25) is 4.79 Å². The first kappa shape index (κ1) is 32.7. The second-order valence-corrected chi connectivity index (χ2v) is 15.7. The monoisotopic (exact) mass is 588 g/mol. The second-order valence-electron chi connectivity index (χ2n) is 15.7. The number of esters is 1. The average Bonchev–Trinajstić information content (AvgIpc) is 3.35. The van der Waals surface area contributed by atoms with Crippen LogP contribution in [0.15, 0.2) is 0 Å². The van der Waals surface area contributed by atoms with Gasteiger partial charge in [-0.2, -0.15) is 0 Å². The predicted octanol–water partition coefficient (Wildman–Crippen LogP) is 4.52. The van der Waals surface area contributed by atoms with Crippen molar-refractivity contribution in [2.75, 3.05) is 59.5 Å². The number of nitrogens with two attached hydrogens (primary N) is 1. The molecule has 3 unspecified atom stereocenters. The number of aliphatic hydroxyl groups excluding tert-OH is 1. The lowest BCUT2D eigenvalue weighted by atomic mass is 9.43. The molecular formula is C35H64N4O3. The fourth-order valence-corrected chi connectivity index (χ4v) is 11.3. The highest BCUT2D eigenvalue weighted by atomic mass is 16.5. The molecule has 0 aromatic heterocycles. The van der Waals surface area contributed by atoms with E-state index in [1.54, 1.807) is 0 Å². The molecule has 7 heteroatoms. The van der Waals surface area contributed by atoms with Gasteiger partial charge in [0.15, 0.2) is 0 Å². The molecule has 0 bridgehead atoms. The minimum Gasteiger partial charge on any atom is -0.469 e. The van der Waals surface area contributed by atoms with E-state index in [-0.39, 0.29) is 17.5 Å². The first-order chi connectivity index (χ1) is 20.2. The van der Waals surface area contributed by atoms with Gasteiger partial charge < -0.3 is 30.7 Å². The third kappa shape index (κ3) is 6.76. The number of ether oxygens (including phenoxy) is 1. The van der Waals surface area contributed by atoms with E-state index in [1.807, 2.05) is 0 Å². The summed E-state index contributed by atoms with van der Waals surface area (Å²) in [5, 5.41) is 15.6. The number of aliphatic hydroxyl groups is 1. The van der Waals surface area contributed by atoms with Gasteiger partial charge in [0.1, 0.15) is 0 Å². The van der Waals surface area contributed by atoms with Crippen LogP contribution in [-0.2, 0) is 9.53 Å². The molecule has 0 spiro atoms. The Kier molecular flexibility index (Phi) is 11.0. The van der Waals surface area contributed by atoms with E-state index in [2.05, 4.69) is 35.9 Å². The Hall–Kier alpha value is -0.730. The van der Waals surface area contributed by atoms with Crippen molar-refractivity contribution in [2.24, 2.45) is 52.1 Å². The summed E-state index contributed by atoms with van der Waals surface area (Å²) in [4.78, 5) is 17.0. The maximum Gasteiger partial charge on any atom is 0.305 e. The van der Waals surface area contributed by atoms with E-state index < -0.39 is 0 Å². The van der Waals surface area contributed by atoms with Crippen LogP contribution in [0.4, 0.5) is 0 Å². The first-order valence-corrected chi connectivity index (χ1v) is 17.8. The van der Waals surface area contributed by atoms with Crippen LogP contribution in [0.1, 0.15) is 97.8 Å². The van der Waals surface area contributed by atoms with Gasteiger partial charge in [0.25, 0.3) is 0 Å². The minimum atomic E-state index is -0.158. The number of nitrogens with zero attached hydrogens (tertiary/aromatic N) is 2.